The minimum Gasteiger partial charge on any atom is -0.355 e. The second kappa shape index (κ2) is 8.02. The fourth-order valence-electron chi connectivity index (χ4n) is 2.94. The molecule has 0 saturated heterocycles. The van der Waals surface area contributed by atoms with Gasteiger partial charge in [0.25, 0.3) is 5.91 Å². The second-order valence-corrected chi connectivity index (χ2v) is 6.64. The number of benzene rings is 2. The van der Waals surface area contributed by atoms with Crippen molar-refractivity contribution in [2.75, 3.05) is 17.3 Å². The fraction of sp³-hybridized carbons (Fsp3) is 0.250. The molecule has 156 valence electrons. The van der Waals surface area contributed by atoms with Gasteiger partial charge in [0.2, 0.25) is 0 Å². The molecule has 1 aliphatic carbocycles. The lowest BCUT2D eigenvalue weighted by Gasteiger charge is -2.24. The number of alkyl halides is 3. The van der Waals surface area contributed by atoms with Crippen LogP contribution in [0.4, 0.5) is 33.7 Å². The molecule has 0 aromatic heterocycles. The number of nitriles is 1. The van der Waals surface area contributed by atoms with Gasteiger partial charge in [-0.15, -0.1) is 0 Å². The molecule has 0 bridgehead atoms. The van der Waals surface area contributed by atoms with Gasteiger partial charge in [-0.05, 0) is 49.2 Å². The molecule has 1 aliphatic rings. The Balaban J connectivity index is 1.89. The number of anilines is 2. The van der Waals surface area contributed by atoms with Crippen LogP contribution >= 0.6 is 0 Å². The number of amides is 3. The molecular formula is C20H16F4N4O2. The van der Waals surface area contributed by atoms with Crippen molar-refractivity contribution in [2.24, 2.45) is 0 Å². The third kappa shape index (κ3) is 4.35. The second-order valence-electron chi connectivity index (χ2n) is 6.64. The molecule has 0 aliphatic heterocycles. The SMILES string of the molecule is CNC(=O)c1ccc(N(C(=O)Nc2ccc(C#N)c(C(F)(F)F)c2)C2CC2)cc1F. The molecule has 0 spiro atoms. The largest absolute Gasteiger partial charge is 0.417 e. The van der Waals surface area contributed by atoms with Gasteiger partial charge in [-0.3, -0.25) is 9.69 Å². The number of nitrogens with zero attached hydrogens (tertiary/aromatic N) is 2. The number of hydrogen-bond acceptors (Lipinski definition) is 3. The van der Waals surface area contributed by atoms with Crippen molar-refractivity contribution in [1.82, 2.24) is 5.32 Å². The maximum atomic E-state index is 14.3. The molecule has 0 heterocycles. The molecule has 0 unspecified atom stereocenters. The molecule has 10 heteroatoms. The summed E-state index contributed by atoms with van der Waals surface area (Å²) in [6.45, 7) is 0. The van der Waals surface area contributed by atoms with Crippen LogP contribution in [-0.2, 0) is 6.18 Å². The Labute approximate surface area is 169 Å². The summed E-state index contributed by atoms with van der Waals surface area (Å²) in [5.74, 6) is -1.46. The first-order valence-electron chi connectivity index (χ1n) is 8.89. The van der Waals surface area contributed by atoms with Gasteiger partial charge in [0.1, 0.15) is 5.82 Å². The van der Waals surface area contributed by atoms with Crippen molar-refractivity contribution >= 4 is 23.3 Å². The van der Waals surface area contributed by atoms with Crippen LogP contribution in [0.5, 0.6) is 0 Å². The Hall–Kier alpha value is -3.61. The average Bonchev–Trinajstić information content (AvgIpc) is 3.52. The fourth-order valence-corrected chi connectivity index (χ4v) is 2.94. The highest BCUT2D eigenvalue weighted by molar-refractivity contribution is 6.03. The van der Waals surface area contributed by atoms with E-state index >= 15 is 0 Å². The average molecular weight is 420 g/mol. The lowest BCUT2D eigenvalue weighted by molar-refractivity contribution is -0.137. The van der Waals surface area contributed by atoms with Gasteiger partial charge in [-0.25, -0.2) is 9.18 Å². The predicted molar refractivity (Wildman–Crippen MR) is 100 cm³/mol. The number of urea groups is 1. The molecule has 30 heavy (non-hydrogen) atoms. The number of carbonyl (C=O) groups is 2. The van der Waals surface area contributed by atoms with E-state index in [2.05, 4.69) is 10.6 Å². The van der Waals surface area contributed by atoms with E-state index in [1.807, 2.05) is 0 Å². The van der Waals surface area contributed by atoms with Crippen molar-refractivity contribution < 1.29 is 27.2 Å². The maximum absolute atomic E-state index is 14.3. The molecule has 0 radical (unpaired) electrons. The van der Waals surface area contributed by atoms with Gasteiger partial charge in [-0.2, -0.15) is 18.4 Å². The topological polar surface area (TPSA) is 85.2 Å². The third-order valence-corrected chi connectivity index (χ3v) is 4.53. The van der Waals surface area contributed by atoms with Crippen molar-refractivity contribution in [3.63, 3.8) is 0 Å². The molecule has 3 amide bonds. The summed E-state index contributed by atoms with van der Waals surface area (Å²) in [6, 6.07) is 6.97. The van der Waals surface area contributed by atoms with Crippen molar-refractivity contribution in [1.29, 1.82) is 5.26 Å². The highest BCUT2D eigenvalue weighted by Crippen LogP contribution is 2.35. The minimum absolute atomic E-state index is 0.153. The number of rotatable bonds is 4. The predicted octanol–water partition coefficient (Wildman–Crippen LogP) is 4.28. The van der Waals surface area contributed by atoms with Crippen LogP contribution in [0, 0.1) is 17.1 Å². The summed E-state index contributed by atoms with van der Waals surface area (Å²) >= 11 is 0. The summed E-state index contributed by atoms with van der Waals surface area (Å²) in [7, 11) is 1.35. The van der Waals surface area contributed by atoms with Crippen molar-refractivity contribution in [3.05, 3.63) is 58.9 Å². The smallest absolute Gasteiger partial charge is 0.355 e. The third-order valence-electron chi connectivity index (χ3n) is 4.53. The Bertz CT molecular complexity index is 1040. The summed E-state index contributed by atoms with van der Waals surface area (Å²) in [6.07, 6.45) is -3.47. The van der Waals surface area contributed by atoms with E-state index in [1.165, 1.54) is 36.2 Å². The van der Waals surface area contributed by atoms with E-state index in [0.29, 0.717) is 18.9 Å². The minimum atomic E-state index is -4.76. The molecule has 6 nitrogen and oxygen atoms in total. The summed E-state index contributed by atoms with van der Waals surface area (Å²) in [5, 5.41) is 13.5. The van der Waals surface area contributed by atoms with Crippen molar-refractivity contribution in [3.8, 4) is 6.07 Å². The molecule has 3 rings (SSSR count). The van der Waals surface area contributed by atoms with Gasteiger partial charge in [0, 0.05) is 24.5 Å². The van der Waals surface area contributed by atoms with E-state index in [1.54, 1.807) is 0 Å². The van der Waals surface area contributed by atoms with E-state index in [9.17, 15) is 27.2 Å². The van der Waals surface area contributed by atoms with Gasteiger partial charge in [0.15, 0.2) is 0 Å². The molecule has 1 fully saturated rings. The van der Waals surface area contributed by atoms with Crippen LogP contribution in [0.1, 0.15) is 34.3 Å². The molecule has 0 atom stereocenters. The van der Waals surface area contributed by atoms with Gasteiger partial charge < -0.3 is 10.6 Å². The Morgan fingerprint density at radius 1 is 1.17 bits per heavy atom. The zero-order valence-corrected chi connectivity index (χ0v) is 15.7. The number of hydrogen-bond donors (Lipinski definition) is 2. The monoisotopic (exact) mass is 420 g/mol. The van der Waals surface area contributed by atoms with Crippen LogP contribution in [0.25, 0.3) is 0 Å². The van der Waals surface area contributed by atoms with Crippen LogP contribution in [-0.4, -0.2) is 25.0 Å². The molecule has 1 saturated carbocycles. The van der Waals surface area contributed by atoms with Crippen molar-refractivity contribution in [2.45, 2.75) is 25.1 Å². The first kappa shape index (κ1) is 21.1. The lowest BCUT2D eigenvalue weighted by Crippen LogP contribution is -2.37. The highest BCUT2D eigenvalue weighted by atomic mass is 19.4. The number of carbonyl (C=O) groups excluding carboxylic acids is 2. The molecular weight excluding hydrogens is 404 g/mol. The quantitative estimate of drug-likeness (QED) is 0.725. The van der Waals surface area contributed by atoms with E-state index < -0.39 is 35.1 Å². The summed E-state index contributed by atoms with van der Waals surface area (Å²) in [4.78, 5) is 25.6. The standard InChI is InChI=1S/C20H16F4N4O2/c1-26-18(29)15-7-6-14(9-17(15)21)28(13-4-5-13)19(30)27-12-3-2-11(10-25)16(8-12)20(22,23)24/h2-3,6-9,13H,4-5H2,1H3,(H,26,29)(H,27,30). The van der Waals surface area contributed by atoms with Crippen LogP contribution in [0.15, 0.2) is 36.4 Å². The van der Waals surface area contributed by atoms with Gasteiger partial charge in [0.05, 0.1) is 22.8 Å². The highest BCUT2D eigenvalue weighted by Gasteiger charge is 2.36. The van der Waals surface area contributed by atoms with E-state index in [0.717, 1.165) is 12.1 Å². The normalized spacial score (nSPS) is 13.3. The summed E-state index contributed by atoms with van der Waals surface area (Å²) in [5.41, 5.74) is -1.91. The van der Waals surface area contributed by atoms with Gasteiger partial charge >= 0.3 is 12.2 Å². The Kier molecular flexibility index (Phi) is 5.64. The van der Waals surface area contributed by atoms with Crippen LogP contribution in [0.3, 0.4) is 0 Å². The number of halogens is 4. The lowest BCUT2D eigenvalue weighted by atomic mass is 10.1. The molecule has 2 N–H and O–H groups in total. The zero-order chi connectivity index (χ0) is 22.1. The maximum Gasteiger partial charge on any atom is 0.417 e. The van der Waals surface area contributed by atoms with E-state index in [4.69, 9.17) is 5.26 Å². The Morgan fingerprint density at radius 2 is 1.87 bits per heavy atom. The van der Waals surface area contributed by atoms with Crippen LogP contribution in [0.2, 0.25) is 0 Å². The molecule has 2 aromatic carbocycles. The first-order chi connectivity index (χ1) is 14.2. The zero-order valence-electron chi connectivity index (χ0n) is 15.7. The van der Waals surface area contributed by atoms with E-state index in [-0.39, 0.29) is 23.0 Å². The Morgan fingerprint density at radius 3 is 2.40 bits per heavy atom. The van der Waals surface area contributed by atoms with Crippen LogP contribution < -0.4 is 15.5 Å². The van der Waals surface area contributed by atoms with Gasteiger partial charge in [-0.1, -0.05) is 0 Å². The summed E-state index contributed by atoms with van der Waals surface area (Å²) < 4.78 is 53.7. The number of nitrogens with one attached hydrogen (secondary N) is 2. The molecule has 2 aromatic rings. The first-order valence-corrected chi connectivity index (χ1v) is 8.89.